The van der Waals surface area contributed by atoms with E-state index in [1.165, 1.54) is 0 Å². The lowest BCUT2D eigenvalue weighted by atomic mass is 10.0. The minimum absolute atomic E-state index is 0.0635. The van der Waals surface area contributed by atoms with Gasteiger partial charge in [-0.05, 0) is 33.6 Å². The lowest BCUT2D eigenvalue weighted by Gasteiger charge is -2.23. The first kappa shape index (κ1) is 11.2. The molecule has 1 atom stereocenters. The standard InChI is InChI=1S/C11H18N2O3/c1-10(2,3)16-9(15)13-7-6-12-8(14)11(7)4-5-11/h7H,4-6H2,1-3H3,(H,12,14)(H,13,15)/t7-/m1/s1. The molecule has 1 saturated carbocycles. The van der Waals surface area contributed by atoms with Crippen molar-refractivity contribution in [2.75, 3.05) is 6.54 Å². The summed E-state index contributed by atoms with van der Waals surface area (Å²) in [4.78, 5) is 23.1. The van der Waals surface area contributed by atoms with E-state index in [0.717, 1.165) is 12.8 Å². The molecule has 1 spiro atoms. The molecule has 2 fully saturated rings. The van der Waals surface area contributed by atoms with Crippen molar-refractivity contribution in [2.45, 2.75) is 45.3 Å². The summed E-state index contributed by atoms with van der Waals surface area (Å²) >= 11 is 0. The number of alkyl carbamates (subject to hydrolysis) is 1. The summed E-state index contributed by atoms with van der Waals surface area (Å²) in [6.07, 6.45) is 1.28. The summed E-state index contributed by atoms with van der Waals surface area (Å²) in [5, 5.41) is 5.56. The van der Waals surface area contributed by atoms with Gasteiger partial charge in [-0.25, -0.2) is 4.79 Å². The van der Waals surface area contributed by atoms with Gasteiger partial charge in [0.25, 0.3) is 0 Å². The maximum absolute atomic E-state index is 11.6. The molecule has 1 aliphatic carbocycles. The number of hydrogen-bond acceptors (Lipinski definition) is 3. The zero-order valence-corrected chi connectivity index (χ0v) is 9.92. The molecule has 2 aliphatic rings. The Balaban J connectivity index is 1.91. The van der Waals surface area contributed by atoms with Crippen LogP contribution in [-0.4, -0.2) is 30.2 Å². The summed E-state index contributed by atoms with van der Waals surface area (Å²) in [7, 11) is 0. The van der Waals surface area contributed by atoms with Crippen LogP contribution in [0, 0.1) is 5.41 Å². The van der Waals surface area contributed by atoms with Gasteiger partial charge in [0.05, 0.1) is 11.5 Å². The smallest absolute Gasteiger partial charge is 0.407 e. The van der Waals surface area contributed by atoms with Crippen LogP contribution in [0.3, 0.4) is 0 Å². The average Bonchev–Trinajstić information content (AvgIpc) is 2.83. The van der Waals surface area contributed by atoms with E-state index in [1.807, 2.05) is 20.8 Å². The summed E-state index contributed by atoms with van der Waals surface area (Å²) < 4.78 is 5.17. The molecule has 90 valence electrons. The van der Waals surface area contributed by atoms with E-state index >= 15 is 0 Å². The van der Waals surface area contributed by atoms with Gasteiger partial charge >= 0.3 is 6.09 Å². The lowest BCUT2D eigenvalue weighted by molar-refractivity contribution is -0.123. The van der Waals surface area contributed by atoms with Crippen LogP contribution in [0.2, 0.25) is 0 Å². The molecule has 0 radical (unpaired) electrons. The first-order valence-electron chi connectivity index (χ1n) is 5.61. The van der Waals surface area contributed by atoms with Gasteiger partial charge < -0.3 is 15.4 Å². The molecule has 1 saturated heterocycles. The second-order valence-corrected chi connectivity index (χ2v) is 5.56. The first-order chi connectivity index (χ1) is 7.33. The first-order valence-corrected chi connectivity index (χ1v) is 5.61. The third-order valence-corrected chi connectivity index (χ3v) is 3.07. The third kappa shape index (κ3) is 1.99. The fourth-order valence-electron chi connectivity index (χ4n) is 2.07. The third-order valence-electron chi connectivity index (χ3n) is 3.07. The van der Waals surface area contributed by atoms with E-state index in [4.69, 9.17) is 4.74 Å². The van der Waals surface area contributed by atoms with Gasteiger partial charge in [0.2, 0.25) is 5.91 Å². The maximum atomic E-state index is 11.6. The molecule has 1 heterocycles. The molecule has 5 nitrogen and oxygen atoms in total. The number of carbonyl (C=O) groups excluding carboxylic acids is 2. The van der Waals surface area contributed by atoms with Crippen LogP contribution in [0.25, 0.3) is 0 Å². The van der Waals surface area contributed by atoms with Crippen LogP contribution < -0.4 is 10.6 Å². The molecule has 2 rings (SSSR count). The van der Waals surface area contributed by atoms with Gasteiger partial charge in [-0.1, -0.05) is 0 Å². The van der Waals surface area contributed by atoms with Crippen LogP contribution >= 0.6 is 0 Å². The van der Waals surface area contributed by atoms with Crippen molar-refractivity contribution in [1.29, 1.82) is 0 Å². The van der Waals surface area contributed by atoms with Crippen molar-refractivity contribution in [2.24, 2.45) is 5.41 Å². The number of amides is 2. The van der Waals surface area contributed by atoms with Crippen molar-refractivity contribution in [3.8, 4) is 0 Å². The number of nitrogens with one attached hydrogen (secondary N) is 2. The second kappa shape index (κ2) is 3.37. The molecule has 0 aromatic carbocycles. The number of ether oxygens (including phenoxy) is 1. The molecular weight excluding hydrogens is 208 g/mol. The normalized spacial score (nSPS) is 26.4. The van der Waals surface area contributed by atoms with Crippen LogP contribution in [0.1, 0.15) is 33.6 Å². The Morgan fingerprint density at radius 2 is 2.12 bits per heavy atom. The quantitative estimate of drug-likeness (QED) is 0.694. The van der Waals surface area contributed by atoms with Gasteiger partial charge in [-0.15, -0.1) is 0 Å². The van der Waals surface area contributed by atoms with Crippen molar-refractivity contribution in [3.05, 3.63) is 0 Å². The van der Waals surface area contributed by atoms with Gasteiger partial charge in [0, 0.05) is 6.54 Å². The van der Waals surface area contributed by atoms with E-state index in [-0.39, 0.29) is 17.4 Å². The topological polar surface area (TPSA) is 67.4 Å². The van der Waals surface area contributed by atoms with E-state index in [1.54, 1.807) is 0 Å². The van der Waals surface area contributed by atoms with E-state index in [9.17, 15) is 9.59 Å². The Morgan fingerprint density at radius 1 is 1.50 bits per heavy atom. The molecule has 0 aromatic rings. The van der Waals surface area contributed by atoms with Gasteiger partial charge in [-0.3, -0.25) is 4.79 Å². The predicted molar refractivity (Wildman–Crippen MR) is 57.8 cm³/mol. The zero-order chi connectivity index (χ0) is 12.0. The zero-order valence-electron chi connectivity index (χ0n) is 9.92. The Bertz CT molecular complexity index is 329. The second-order valence-electron chi connectivity index (χ2n) is 5.56. The lowest BCUT2D eigenvalue weighted by Crippen LogP contribution is -2.44. The minimum atomic E-state index is -0.503. The molecule has 5 heteroatoms. The van der Waals surface area contributed by atoms with Crippen molar-refractivity contribution >= 4 is 12.0 Å². The minimum Gasteiger partial charge on any atom is -0.444 e. The molecule has 0 aromatic heterocycles. The Kier molecular flexibility index (Phi) is 2.36. The monoisotopic (exact) mass is 226 g/mol. The van der Waals surface area contributed by atoms with Gasteiger partial charge in [0.1, 0.15) is 5.60 Å². The molecule has 0 unspecified atom stereocenters. The fraction of sp³-hybridized carbons (Fsp3) is 0.818. The van der Waals surface area contributed by atoms with Crippen LogP contribution in [0.15, 0.2) is 0 Å². The Morgan fingerprint density at radius 3 is 2.62 bits per heavy atom. The summed E-state index contributed by atoms with van der Waals surface area (Å²) in [6, 6.07) is -0.116. The van der Waals surface area contributed by atoms with E-state index < -0.39 is 11.7 Å². The Labute approximate surface area is 94.9 Å². The average molecular weight is 226 g/mol. The van der Waals surface area contributed by atoms with E-state index in [2.05, 4.69) is 10.6 Å². The summed E-state index contributed by atoms with van der Waals surface area (Å²) in [6.45, 7) is 5.96. The SMILES string of the molecule is CC(C)(C)OC(=O)N[C@@H]1CNC(=O)C12CC2. The highest BCUT2D eigenvalue weighted by atomic mass is 16.6. The van der Waals surface area contributed by atoms with E-state index in [0.29, 0.717) is 6.54 Å². The van der Waals surface area contributed by atoms with Gasteiger partial charge in [-0.2, -0.15) is 0 Å². The molecule has 2 N–H and O–H groups in total. The highest BCUT2D eigenvalue weighted by Gasteiger charge is 2.59. The fourth-order valence-corrected chi connectivity index (χ4v) is 2.07. The number of hydrogen-bond donors (Lipinski definition) is 2. The van der Waals surface area contributed by atoms with Crippen LogP contribution in [-0.2, 0) is 9.53 Å². The van der Waals surface area contributed by atoms with Crippen LogP contribution in [0.4, 0.5) is 4.79 Å². The van der Waals surface area contributed by atoms with Crippen molar-refractivity contribution in [3.63, 3.8) is 0 Å². The Hall–Kier alpha value is -1.26. The molecule has 16 heavy (non-hydrogen) atoms. The largest absolute Gasteiger partial charge is 0.444 e. The number of rotatable bonds is 1. The van der Waals surface area contributed by atoms with Crippen molar-refractivity contribution in [1.82, 2.24) is 10.6 Å². The highest BCUT2D eigenvalue weighted by molar-refractivity contribution is 5.89. The molecule has 0 bridgehead atoms. The van der Waals surface area contributed by atoms with Crippen LogP contribution in [0.5, 0.6) is 0 Å². The number of carbonyl (C=O) groups is 2. The van der Waals surface area contributed by atoms with Gasteiger partial charge in [0.15, 0.2) is 0 Å². The molecule has 2 amide bonds. The molecular formula is C11H18N2O3. The summed E-state index contributed by atoms with van der Waals surface area (Å²) in [5.74, 6) is 0.0635. The molecule has 1 aliphatic heterocycles. The van der Waals surface area contributed by atoms with Crippen molar-refractivity contribution < 1.29 is 14.3 Å². The summed E-state index contributed by atoms with van der Waals surface area (Å²) in [5.41, 5.74) is -0.840. The maximum Gasteiger partial charge on any atom is 0.407 e. The predicted octanol–water partition coefficient (Wildman–Crippen LogP) is 0.790. The highest BCUT2D eigenvalue weighted by Crippen LogP contribution is 2.51.